The lowest BCUT2D eigenvalue weighted by Gasteiger charge is -2.15. The van der Waals surface area contributed by atoms with Gasteiger partial charge in [-0.05, 0) is 12.1 Å². The van der Waals surface area contributed by atoms with Crippen molar-refractivity contribution in [2.24, 2.45) is 0 Å². The first kappa shape index (κ1) is 12.8. The van der Waals surface area contributed by atoms with Gasteiger partial charge < -0.3 is 10.2 Å². The summed E-state index contributed by atoms with van der Waals surface area (Å²) in [6, 6.07) is 3.30. The van der Waals surface area contributed by atoms with Gasteiger partial charge in [-0.3, -0.25) is 9.59 Å². The van der Waals surface area contributed by atoms with Gasteiger partial charge in [-0.2, -0.15) is 0 Å². The van der Waals surface area contributed by atoms with Crippen LogP contribution in [0.5, 0.6) is 0 Å². The van der Waals surface area contributed by atoms with Crippen LogP contribution in [0.4, 0.5) is 0 Å². The maximum absolute atomic E-state index is 12.0. The Morgan fingerprint density at radius 3 is 3.06 bits per heavy atom. The summed E-state index contributed by atoms with van der Waals surface area (Å²) in [6.07, 6.45) is 0.450. The molecule has 0 saturated carbocycles. The van der Waals surface area contributed by atoms with Gasteiger partial charge in [0.15, 0.2) is 0 Å². The molecular weight excluding hydrogens is 254 g/mol. The van der Waals surface area contributed by atoms with Crippen LogP contribution >= 0.6 is 11.6 Å². The maximum Gasteiger partial charge on any atom is 0.256 e. The molecule has 0 radical (unpaired) electrons. The van der Waals surface area contributed by atoms with Crippen LogP contribution in [-0.4, -0.2) is 34.8 Å². The second-order valence-corrected chi connectivity index (χ2v) is 4.45. The van der Waals surface area contributed by atoms with E-state index in [0.29, 0.717) is 42.5 Å². The number of amides is 2. The summed E-state index contributed by atoms with van der Waals surface area (Å²) >= 11 is 5.79. The summed E-state index contributed by atoms with van der Waals surface area (Å²) in [5.74, 6) is -0.0692. The monoisotopic (exact) mass is 267 g/mol. The van der Waals surface area contributed by atoms with Gasteiger partial charge >= 0.3 is 0 Å². The molecule has 1 aliphatic rings. The van der Waals surface area contributed by atoms with E-state index in [1.165, 1.54) is 0 Å². The minimum Gasteiger partial charge on any atom is -0.354 e. The molecule has 0 atom stereocenters. The third kappa shape index (κ3) is 2.61. The number of fused-ring (bicyclic) bond motifs is 1. The molecule has 0 aliphatic carbocycles. The number of carbonyl (C=O) groups excluding carboxylic acids is 2. The van der Waals surface area contributed by atoms with Crippen molar-refractivity contribution in [1.82, 2.24) is 15.2 Å². The molecule has 1 N–H and O–H groups in total. The number of nitrogens with one attached hydrogen (secondary N) is 1. The van der Waals surface area contributed by atoms with Crippen molar-refractivity contribution in [3.8, 4) is 0 Å². The molecule has 1 aliphatic heterocycles. The molecule has 5 nitrogen and oxygen atoms in total. The summed E-state index contributed by atoms with van der Waals surface area (Å²) in [5, 5.41) is 3.13. The van der Waals surface area contributed by atoms with Crippen molar-refractivity contribution in [2.75, 3.05) is 13.1 Å². The first-order valence-corrected chi connectivity index (χ1v) is 6.21. The van der Waals surface area contributed by atoms with Crippen LogP contribution in [0.25, 0.3) is 0 Å². The van der Waals surface area contributed by atoms with Crippen molar-refractivity contribution >= 4 is 23.4 Å². The van der Waals surface area contributed by atoms with E-state index in [4.69, 9.17) is 11.6 Å². The van der Waals surface area contributed by atoms with Gasteiger partial charge in [-0.25, -0.2) is 4.98 Å². The molecule has 0 bridgehead atoms. The summed E-state index contributed by atoms with van der Waals surface area (Å²) in [5.41, 5.74) is 1.30. The van der Waals surface area contributed by atoms with Crippen molar-refractivity contribution in [3.05, 3.63) is 28.5 Å². The molecule has 0 unspecified atom stereocenters. The Labute approximate surface area is 110 Å². The zero-order valence-corrected chi connectivity index (χ0v) is 10.8. The van der Waals surface area contributed by atoms with Crippen molar-refractivity contribution in [1.29, 1.82) is 0 Å². The zero-order chi connectivity index (χ0) is 13.1. The standard InChI is InChI=1S/C12H14ClN3O2/c1-2-11(17)14-5-6-16-7-9-8(12(16)18)3-4-10(13)15-9/h3-4H,2,5-7H2,1H3,(H,14,17). The Morgan fingerprint density at radius 1 is 1.56 bits per heavy atom. The fourth-order valence-electron chi connectivity index (χ4n) is 1.85. The Bertz CT molecular complexity index is 490. The quantitative estimate of drug-likeness (QED) is 0.835. The Hall–Kier alpha value is -1.62. The predicted octanol–water partition coefficient (Wildman–Crippen LogP) is 1.22. The highest BCUT2D eigenvalue weighted by molar-refractivity contribution is 6.29. The van der Waals surface area contributed by atoms with Gasteiger partial charge in [-0.15, -0.1) is 0 Å². The number of rotatable bonds is 4. The Morgan fingerprint density at radius 2 is 2.33 bits per heavy atom. The highest BCUT2D eigenvalue weighted by Crippen LogP contribution is 2.22. The van der Waals surface area contributed by atoms with Gasteiger partial charge in [0.25, 0.3) is 5.91 Å². The van der Waals surface area contributed by atoms with Crippen LogP contribution < -0.4 is 5.32 Å². The highest BCUT2D eigenvalue weighted by Gasteiger charge is 2.28. The smallest absolute Gasteiger partial charge is 0.256 e. The molecule has 0 fully saturated rings. The zero-order valence-electron chi connectivity index (χ0n) is 10.1. The predicted molar refractivity (Wildman–Crippen MR) is 67.3 cm³/mol. The summed E-state index contributed by atoms with van der Waals surface area (Å²) in [7, 11) is 0. The second kappa shape index (κ2) is 5.35. The van der Waals surface area contributed by atoms with Gasteiger partial charge in [-0.1, -0.05) is 18.5 Å². The average Bonchev–Trinajstić information content (AvgIpc) is 2.65. The summed E-state index contributed by atoms with van der Waals surface area (Å²) < 4.78 is 0. The molecule has 2 amide bonds. The van der Waals surface area contributed by atoms with Crippen molar-refractivity contribution < 1.29 is 9.59 Å². The third-order valence-corrected chi connectivity index (χ3v) is 3.03. The van der Waals surface area contributed by atoms with E-state index in [1.54, 1.807) is 24.0 Å². The van der Waals surface area contributed by atoms with Crippen LogP contribution in [0.3, 0.4) is 0 Å². The first-order chi connectivity index (χ1) is 8.61. The molecule has 6 heteroatoms. The lowest BCUT2D eigenvalue weighted by atomic mass is 10.2. The van der Waals surface area contributed by atoms with Gasteiger partial charge in [0, 0.05) is 19.5 Å². The van der Waals surface area contributed by atoms with E-state index in [9.17, 15) is 9.59 Å². The van der Waals surface area contributed by atoms with Crippen molar-refractivity contribution in [3.63, 3.8) is 0 Å². The number of aromatic nitrogens is 1. The molecular formula is C12H14ClN3O2. The number of pyridine rings is 1. The maximum atomic E-state index is 12.0. The molecule has 0 aromatic carbocycles. The Balaban J connectivity index is 1.95. The fourth-order valence-corrected chi connectivity index (χ4v) is 2.01. The summed E-state index contributed by atoms with van der Waals surface area (Å²) in [6.45, 7) is 3.19. The molecule has 0 spiro atoms. The number of hydrogen-bond donors (Lipinski definition) is 1. The number of carbonyl (C=O) groups is 2. The SMILES string of the molecule is CCC(=O)NCCN1Cc2nc(Cl)ccc2C1=O. The van der Waals surface area contributed by atoms with E-state index in [0.717, 1.165) is 0 Å². The van der Waals surface area contributed by atoms with E-state index >= 15 is 0 Å². The van der Waals surface area contributed by atoms with Crippen molar-refractivity contribution in [2.45, 2.75) is 19.9 Å². The van der Waals surface area contributed by atoms with E-state index in [1.807, 2.05) is 0 Å². The van der Waals surface area contributed by atoms with Gasteiger partial charge in [0.1, 0.15) is 5.15 Å². The van der Waals surface area contributed by atoms with Crippen LogP contribution in [-0.2, 0) is 11.3 Å². The molecule has 2 rings (SSSR count). The number of nitrogens with zero attached hydrogens (tertiary/aromatic N) is 2. The van der Waals surface area contributed by atoms with Crippen LogP contribution in [0.1, 0.15) is 29.4 Å². The van der Waals surface area contributed by atoms with Gasteiger partial charge in [0.2, 0.25) is 5.91 Å². The van der Waals surface area contributed by atoms with E-state index in [2.05, 4.69) is 10.3 Å². The van der Waals surface area contributed by atoms with Gasteiger partial charge in [0.05, 0.1) is 17.8 Å². The van der Waals surface area contributed by atoms with Crippen LogP contribution in [0.15, 0.2) is 12.1 Å². The third-order valence-electron chi connectivity index (χ3n) is 2.82. The minimum absolute atomic E-state index is 0.0136. The molecule has 1 aromatic heterocycles. The lowest BCUT2D eigenvalue weighted by Crippen LogP contribution is -2.34. The number of halogens is 1. The highest BCUT2D eigenvalue weighted by atomic mass is 35.5. The first-order valence-electron chi connectivity index (χ1n) is 5.83. The number of hydrogen-bond acceptors (Lipinski definition) is 3. The largest absolute Gasteiger partial charge is 0.354 e. The van der Waals surface area contributed by atoms with E-state index in [-0.39, 0.29) is 11.8 Å². The lowest BCUT2D eigenvalue weighted by molar-refractivity contribution is -0.120. The summed E-state index contributed by atoms with van der Waals surface area (Å²) in [4.78, 5) is 28.9. The normalized spacial score (nSPS) is 13.7. The molecule has 0 saturated heterocycles. The molecule has 96 valence electrons. The van der Waals surface area contributed by atoms with E-state index < -0.39 is 0 Å². The minimum atomic E-state index is -0.0556. The Kier molecular flexibility index (Phi) is 3.81. The topological polar surface area (TPSA) is 62.3 Å². The molecule has 1 aromatic rings. The fraction of sp³-hybridized carbons (Fsp3) is 0.417. The molecule has 2 heterocycles. The molecule has 18 heavy (non-hydrogen) atoms. The van der Waals surface area contributed by atoms with Crippen LogP contribution in [0, 0.1) is 0 Å². The van der Waals surface area contributed by atoms with Crippen LogP contribution in [0.2, 0.25) is 5.15 Å². The average molecular weight is 268 g/mol. The second-order valence-electron chi connectivity index (χ2n) is 4.06.